The van der Waals surface area contributed by atoms with Gasteiger partial charge in [0.25, 0.3) is 5.91 Å². The van der Waals surface area contributed by atoms with E-state index in [1.807, 2.05) is 61.2 Å². The van der Waals surface area contributed by atoms with Crippen LogP contribution in [0.1, 0.15) is 54.9 Å². The van der Waals surface area contributed by atoms with Crippen LogP contribution in [0, 0.1) is 11.3 Å². The molecule has 0 unspecified atom stereocenters. The normalized spacial score (nSPS) is 15.4. The molecule has 5 heteroatoms. The van der Waals surface area contributed by atoms with E-state index in [0.717, 1.165) is 35.0 Å². The van der Waals surface area contributed by atoms with Gasteiger partial charge in [-0.05, 0) is 49.4 Å². The summed E-state index contributed by atoms with van der Waals surface area (Å²) in [7, 11) is 1.85. The lowest BCUT2D eigenvalue weighted by molar-refractivity contribution is 0.0747. The summed E-state index contributed by atoms with van der Waals surface area (Å²) in [4.78, 5) is 14.7. The van der Waals surface area contributed by atoms with Crippen molar-refractivity contribution in [1.82, 2.24) is 14.7 Å². The molecule has 1 saturated carbocycles. The highest BCUT2D eigenvalue weighted by Crippen LogP contribution is 2.27. The molecule has 1 fully saturated rings. The van der Waals surface area contributed by atoms with Crippen LogP contribution in [-0.4, -0.2) is 39.4 Å². The predicted octanol–water partition coefficient (Wildman–Crippen LogP) is 5.15. The number of nitrogens with one attached hydrogen (secondary N) is 1. The van der Waals surface area contributed by atoms with Gasteiger partial charge in [-0.15, -0.1) is 0 Å². The zero-order valence-corrected chi connectivity index (χ0v) is 17.8. The predicted molar refractivity (Wildman–Crippen MR) is 121 cm³/mol. The highest BCUT2D eigenvalue weighted by Gasteiger charge is 2.24. The molecule has 1 atom stereocenters. The van der Waals surface area contributed by atoms with E-state index in [-0.39, 0.29) is 11.9 Å². The molecule has 4 rings (SSSR count). The zero-order chi connectivity index (χ0) is 21.1. The van der Waals surface area contributed by atoms with Gasteiger partial charge in [-0.25, -0.2) is 0 Å². The number of carbonyl (C=O) groups excluding carboxylic acids is 1. The third-order valence-electron chi connectivity index (χ3n) is 6.43. The Kier molecular flexibility index (Phi) is 5.98. The number of carbonyl (C=O) groups is 1. The first kappa shape index (κ1) is 20.3. The first-order chi connectivity index (χ1) is 14.5. The number of amides is 1. The quantitative estimate of drug-likeness (QED) is 0.556. The number of para-hydroxylation sites is 1. The third-order valence-corrected chi connectivity index (χ3v) is 6.43. The fourth-order valence-electron chi connectivity index (χ4n) is 4.38. The van der Waals surface area contributed by atoms with Crippen LogP contribution in [0.15, 0.2) is 54.7 Å². The minimum absolute atomic E-state index is 0.0119. The minimum Gasteiger partial charge on any atom is -0.339 e. The van der Waals surface area contributed by atoms with Crippen molar-refractivity contribution in [2.75, 3.05) is 7.05 Å². The average Bonchev–Trinajstić information content (AvgIpc) is 3.44. The molecule has 2 aromatic carbocycles. The monoisotopic (exact) mass is 402 g/mol. The van der Waals surface area contributed by atoms with E-state index in [9.17, 15) is 4.79 Å². The van der Waals surface area contributed by atoms with Crippen molar-refractivity contribution in [3.8, 4) is 0 Å². The summed E-state index contributed by atoms with van der Waals surface area (Å²) >= 11 is 0. The smallest absolute Gasteiger partial charge is 0.253 e. The van der Waals surface area contributed by atoms with Gasteiger partial charge in [0.05, 0.1) is 18.3 Å². The van der Waals surface area contributed by atoms with Crippen molar-refractivity contribution in [3.05, 3.63) is 65.9 Å². The summed E-state index contributed by atoms with van der Waals surface area (Å²) in [5.74, 6) is 0.437. The largest absolute Gasteiger partial charge is 0.339 e. The fourth-order valence-corrected chi connectivity index (χ4v) is 4.38. The second-order valence-corrected chi connectivity index (χ2v) is 8.53. The molecule has 1 amide bonds. The Balaban J connectivity index is 1.39. The maximum absolute atomic E-state index is 12.9. The number of hydrogen-bond donors (Lipinski definition) is 1. The van der Waals surface area contributed by atoms with Crippen LogP contribution in [0.3, 0.4) is 0 Å². The highest BCUT2D eigenvalue weighted by molar-refractivity contribution is 5.95. The zero-order valence-electron chi connectivity index (χ0n) is 17.8. The Bertz CT molecular complexity index is 1030. The van der Waals surface area contributed by atoms with E-state index in [4.69, 9.17) is 5.41 Å². The number of benzene rings is 2. The Morgan fingerprint density at radius 3 is 2.60 bits per heavy atom. The van der Waals surface area contributed by atoms with Crippen molar-refractivity contribution in [3.63, 3.8) is 0 Å². The number of nitrogens with zero attached hydrogens (tertiary/aromatic N) is 3. The van der Waals surface area contributed by atoms with E-state index in [1.165, 1.54) is 12.8 Å². The van der Waals surface area contributed by atoms with Gasteiger partial charge in [-0.2, -0.15) is 5.10 Å². The van der Waals surface area contributed by atoms with E-state index < -0.39 is 0 Å². The number of hydrogen-bond acceptors (Lipinski definition) is 3. The molecule has 1 N–H and O–H groups in total. The molecular weight excluding hydrogens is 372 g/mol. The van der Waals surface area contributed by atoms with Gasteiger partial charge in [0, 0.05) is 36.2 Å². The lowest BCUT2D eigenvalue weighted by Crippen LogP contribution is -2.37. The van der Waals surface area contributed by atoms with E-state index in [0.29, 0.717) is 24.4 Å². The molecule has 3 aromatic rings. The number of fused-ring (bicyclic) bond motifs is 1. The van der Waals surface area contributed by atoms with Crippen LogP contribution >= 0.6 is 0 Å². The summed E-state index contributed by atoms with van der Waals surface area (Å²) in [6.07, 6.45) is 7.28. The van der Waals surface area contributed by atoms with Gasteiger partial charge >= 0.3 is 0 Å². The van der Waals surface area contributed by atoms with Gasteiger partial charge in [0.15, 0.2) is 0 Å². The molecule has 1 heterocycles. The first-order valence-corrected chi connectivity index (χ1v) is 10.9. The molecule has 0 saturated heterocycles. The van der Waals surface area contributed by atoms with E-state index >= 15 is 0 Å². The first-order valence-electron chi connectivity index (χ1n) is 10.9. The fraction of sp³-hybridized carbons (Fsp3) is 0.400. The third kappa shape index (κ3) is 4.30. The summed E-state index contributed by atoms with van der Waals surface area (Å²) in [6.45, 7) is 2.71. The molecule has 30 heavy (non-hydrogen) atoms. The summed E-state index contributed by atoms with van der Waals surface area (Å²) in [6, 6.07) is 16.0. The molecule has 1 aliphatic rings. The van der Waals surface area contributed by atoms with Crippen LogP contribution in [0.2, 0.25) is 0 Å². The molecule has 0 spiro atoms. The molecule has 0 aliphatic heterocycles. The maximum Gasteiger partial charge on any atom is 0.253 e. The van der Waals surface area contributed by atoms with Crippen molar-refractivity contribution in [2.45, 2.75) is 51.6 Å². The number of aromatic nitrogens is 2. The lowest BCUT2D eigenvalue weighted by atomic mass is 9.96. The topological polar surface area (TPSA) is 62.0 Å². The minimum atomic E-state index is 0.0119. The van der Waals surface area contributed by atoms with Crippen LogP contribution in [0.25, 0.3) is 10.9 Å². The summed E-state index contributed by atoms with van der Waals surface area (Å²) < 4.78 is 1.98. The molecule has 156 valence electrons. The number of rotatable bonds is 7. The van der Waals surface area contributed by atoms with Crippen LogP contribution < -0.4 is 0 Å². The molecule has 1 aliphatic carbocycles. The maximum atomic E-state index is 12.9. The van der Waals surface area contributed by atoms with Crippen LogP contribution in [0.4, 0.5) is 0 Å². The van der Waals surface area contributed by atoms with Gasteiger partial charge in [0.2, 0.25) is 0 Å². The molecular formula is C25H30N4O. The Morgan fingerprint density at radius 1 is 1.17 bits per heavy atom. The highest BCUT2D eigenvalue weighted by atomic mass is 16.2. The standard InChI is InChI=1S/C25H30N4O/c1-18(15-23(26)20-7-3-4-8-20)28(2)25(30)21-13-11-19(12-14-21)17-29-24-10-6-5-9-22(24)16-27-29/h5-6,9-14,16,18,20,26H,3-4,7-8,15,17H2,1-2H3/t18-/m1/s1. The van der Waals surface area contributed by atoms with E-state index in [1.54, 1.807) is 4.90 Å². The van der Waals surface area contributed by atoms with Crippen molar-refractivity contribution >= 4 is 22.5 Å². The van der Waals surface area contributed by atoms with Crippen molar-refractivity contribution < 1.29 is 4.79 Å². The Labute approximate surface area is 178 Å². The second-order valence-electron chi connectivity index (χ2n) is 8.53. The Morgan fingerprint density at radius 2 is 1.87 bits per heavy atom. The van der Waals surface area contributed by atoms with Gasteiger partial charge < -0.3 is 10.3 Å². The molecule has 0 bridgehead atoms. The van der Waals surface area contributed by atoms with Gasteiger partial charge in [0.1, 0.15) is 0 Å². The second kappa shape index (κ2) is 8.82. The van der Waals surface area contributed by atoms with E-state index in [2.05, 4.69) is 17.2 Å². The lowest BCUT2D eigenvalue weighted by Gasteiger charge is -2.26. The molecule has 0 radical (unpaired) electrons. The average molecular weight is 403 g/mol. The van der Waals surface area contributed by atoms with Crippen LogP contribution in [-0.2, 0) is 6.54 Å². The van der Waals surface area contributed by atoms with Gasteiger partial charge in [-0.1, -0.05) is 43.2 Å². The summed E-state index contributed by atoms with van der Waals surface area (Å²) in [5.41, 5.74) is 3.71. The molecule has 5 nitrogen and oxygen atoms in total. The van der Waals surface area contributed by atoms with Crippen molar-refractivity contribution in [1.29, 1.82) is 5.41 Å². The van der Waals surface area contributed by atoms with Crippen LogP contribution in [0.5, 0.6) is 0 Å². The summed E-state index contributed by atoms with van der Waals surface area (Å²) in [5, 5.41) is 14.0. The van der Waals surface area contributed by atoms with Crippen molar-refractivity contribution in [2.24, 2.45) is 5.92 Å². The van der Waals surface area contributed by atoms with Gasteiger partial charge in [-0.3, -0.25) is 9.48 Å². The Hall–Kier alpha value is -2.95. The molecule has 1 aromatic heterocycles. The SMILES string of the molecule is C[C@H](CC(=N)C1CCCC1)N(C)C(=O)c1ccc(Cn2ncc3ccccc32)cc1.